The lowest BCUT2D eigenvalue weighted by atomic mass is 10.1. The van der Waals surface area contributed by atoms with Crippen LogP contribution < -0.4 is 4.57 Å². The van der Waals surface area contributed by atoms with Crippen LogP contribution in [0, 0.1) is 0 Å². The number of benzene rings is 1. The topological polar surface area (TPSA) is 8.81 Å². The third kappa shape index (κ3) is 15.4. The van der Waals surface area contributed by atoms with E-state index in [9.17, 15) is 0 Å². The summed E-state index contributed by atoms with van der Waals surface area (Å²) < 4.78 is 5.10. The molecule has 0 radical (unpaired) electrons. The molecule has 0 saturated heterocycles. The van der Waals surface area contributed by atoms with Gasteiger partial charge >= 0.3 is 0 Å². The van der Waals surface area contributed by atoms with Gasteiger partial charge in [0.15, 0.2) is 0 Å². The highest BCUT2D eigenvalue weighted by Gasteiger charge is 2.17. The van der Waals surface area contributed by atoms with Crippen molar-refractivity contribution in [1.82, 2.24) is 4.57 Å². The minimum atomic E-state index is 1.05. The van der Waals surface area contributed by atoms with Crippen molar-refractivity contribution in [2.45, 2.75) is 168 Å². The van der Waals surface area contributed by atoms with E-state index >= 15 is 0 Å². The van der Waals surface area contributed by atoms with E-state index in [1.807, 2.05) is 0 Å². The molecule has 0 aliphatic rings. The van der Waals surface area contributed by atoms with E-state index in [2.05, 4.69) is 65.7 Å². The number of aryl methyl sites for hydroxylation is 2. The van der Waals surface area contributed by atoms with E-state index < -0.39 is 0 Å². The third-order valence-electron chi connectivity index (χ3n) is 8.05. The Bertz CT molecular complexity index is 748. The van der Waals surface area contributed by atoms with Crippen molar-refractivity contribution < 1.29 is 4.57 Å². The van der Waals surface area contributed by atoms with Crippen LogP contribution in [0.5, 0.6) is 0 Å². The van der Waals surface area contributed by atoms with Gasteiger partial charge in [-0.25, -0.2) is 9.13 Å². The molecule has 2 heteroatoms. The highest BCUT2D eigenvalue weighted by molar-refractivity contribution is 5.18. The zero-order valence-corrected chi connectivity index (χ0v) is 24.9. The Hall–Kier alpha value is -1.57. The molecule has 0 saturated carbocycles. The Morgan fingerprint density at radius 3 is 1.51 bits per heavy atom. The van der Waals surface area contributed by atoms with Crippen molar-refractivity contribution in [2.75, 3.05) is 0 Å². The molecule has 0 amide bonds. The summed E-state index contributed by atoms with van der Waals surface area (Å²) in [4.78, 5) is 0. The average Bonchev–Trinajstić information content (AvgIpc) is 3.29. The van der Waals surface area contributed by atoms with E-state index in [4.69, 9.17) is 0 Å². The summed E-state index contributed by atoms with van der Waals surface area (Å²) in [6, 6.07) is 11.1. The summed E-state index contributed by atoms with van der Waals surface area (Å²) >= 11 is 0. The van der Waals surface area contributed by atoms with Crippen LogP contribution in [0.15, 0.2) is 42.7 Å². The fourth-order valence-electron chi connectivity index (χ4n) is 5.60. The van der Waals surface area contributed by atoms with E-state index in [1.165, 1.54) is 159 Å². The largest absolute Gasteiger partial charge is 0.260 e. The molecule has 2 aromatic rings. The van der Waals surface area contributed by atoms with Gasteiger partial charge in [0, 0.05) is 0 Å². The fraction of sp³-hybridized carbons (Fsp3) is 0.743. The summed E-state index contributed by atoms with van der Waals surface area (Å²) in [5.74, 6) is 1.49. The second kappa shape index (κ2) is 22.4. The van der Waals surface area contributed by atoms with Gasteiger partial charge in [-0.05, 0) is 31.2 Å². The molecule has 1 heterocycles. The van der Waals surface area contributed by atoms with Gasteiger partial charge < -0.3 is 0 Å². The average molecular weight is 510 g/mol. The Kier molecular flexibility index (Phi) is 19.2. The van der Waals surface area contributed by atoms with Crippen LogP contribution in [0.25, 0.3) is 0 Å². The van der Waals surface area contributed by atoms with Crippen molar-refractivity contribution in [3.05, 3.63) is 54.1 Å². The molecule has 0 bridgehead atoms. The predicted molar refractivity (Wildman–Crippen MR) is 162 cm³/mol. The minimum Gasteiger partial charge on any atom is -0.234 e. The molecule has 2 rings (SSSR count). The lowest BCUT2D eigenvalue weighted by molar-refractivity contribution is -0.703. The first-order valence-electron chi connectivity index (χ1n) is 16.5. The number of rotatable bonds is 25. The fourth-order valence-corrected chi connectivity index (χ4v) is 5.60. The van der Waals surface area contributed by atoms with Gasteiger partial charge in [-0.15, -0.1) is 0 Å². The lowest BCUT2D eigenvalue weighted by Gasteiger charge is -2.07. The predicted octanol–water partition coefficient (Wildman–Crippen LogP) is 10.6. The second-order valence-corrected chi connectivity index (χ2v) is 11.5. The molecule has 0 aliphatic heterocycles. The number of hydrogen-bond donors (Lipinski definition) is 0. The SMILES string of the molecule is CCCCCCCCCCCCC[n+]1ccn(CCCCCCCCCCCC)c1Cc1ccccc1. The number of hydrogen-bond acceptors (Lipinski definition) is 0. The van der Waals surface area contributed by atoms with Gasteiger partial charge in [0.2, 0.25) is 0 Å². The summed E-state index contributed by atoms with van der Waals surface area (Å²) in [5.41, 5.74) is 1.43. The molecular formula is C35H61N2+. The van der Waals surface area contributed by atoms with Crippen LogP contribution in [0.2, 0.25) is 0 Å². The Morgan fingerprint density at radius 2 is 1.00 bits per heavy atom. The Balaban J connectivity index is 1.68. The first-order valence-corrected chi connectivity index (χ1v) is 16.5. The van der Waals surface area contributed by atoms with Gasteiger partial charge in [-0.3, -0.25) is 0 Å². The van der Waals surface area contributed by atoms with Gasteiger partial charge in [-0.2, -0.15) is 0 Å². The first-order chi connectivity index (χ1) is 18.3. The summed E-state index contributed by atoms with van der Waals surface area (Å²) in [6.07, 6.45) is 35.3. The number of aromatic nitrogens is 2. The van der Waals surface area contributed by atoms with E-state index in [0.717, 1.165) is 6.42 Å². The van der Waals surface area contributed by atoms with Crippen LogP contribution in [0.3, 0.4) is 0 Å². The maximum Gasteiger partial charge on any atom is 0.260 e. The van der Waals surface area contributed by atoms with Crippen LogP contribution >= 0.6 is 0 Å². The number of nitrogens with zero attached hydrogens (tertiary/aromatic N) is 2. The zero-order chi connectivity index (χ0) is 26.2. The minimum absolute atomic E-state index is 1.05. The summed E-state index contributed by atoms with van der Waals surface area (Å²) in [7, 11) is 0. The zero-order valence-electron chi connectivity index (χ0n) is 24.9. The molecule has 1 aromatic heterocycles. The van der Waals surface area contributed by atoms with Gasteiger partial charge in [0.25, 0.3) is 5.82 Å². The molecule has 0 spiro atoms. The molecule has 0 atom stereocenters. The van der Waals surface area contributed by atoms with Crippen molar-refractivity contribution in [1.29, 1.82) is 0 Å². The normalized spacial score (nSPS) is 11.4. The van der Waals surface area contributed by atoms with Crippen molar-refractivity contribution in [3.8, 4) is 0 Å². The maximum absolute atomic E-state index is 2.55. The van der Waals surface area contributed by atoms with Crippen molar-refractivity contribution >= 4 is 0 Å². The lowest BCUT2D eigenvalue weighted by Crippen LogP contribution is -2.37. The van der Waals surface area contributed by atoms with Crippen molar-refractivity contribution in [3.63, 3.8) is 0 Å². The summed E-state index contributed by atoms with van der Waals surface area (Å²) in [6.45, 7) is 6.95. The van der Waals surface area contributed by atoms with Gasteiger partial charge in [0.1, 0.15) is 12.4 Å². The van der Waals surface area contributed by atoms with Crippen molar-refractivity contribution in [2.24, 2.45) is 0 Å². The molecule has 210 valence electrons. The smallest absolute Gasteiger partial charge is 0.234 e. The molecular weight excluding hydrogens is 448 g/mol. The summed E-state index contributed by atoms with van der Waals surface area (Å²) in [5, 5.41) is 0. The Labute approximate surface area is 231 Å². The number of imidazole rings is 1. The molecule has 0 N–H and O–H groups in total. The molecule has 0 aliphatic carbocycles. The highest BCUT2D eigenvalue weighted by atomic mass is 15.1. The molecule has 0 unspecified atom stereocenters. The van der Waals surface area contributed by atoms with E-state index in [1.54, 1.807) is 0 Å². The van der Waals surface area contributed by atoms with Crippen LogP contribution in [0.4, 0.5) is 0 Å². The first kappa shape index (κ1) is 31.6. The quantitative estimate of drug-likeness (QED) is 0.0929. The molecule has 37 heavy (non-hydrogen) atoms. The third-order valence-corrected chi connectivity index (χ3v) is 8.05. The maximum atomic E-state index is 2.55. The highest BCUT2D eigenvalue weighted by Crippen LogP contribution is 2.14. The standard InChI is InChI=1S/C35H61N2/c1-3-5-7-9-11-13-15-17-19-21-26-30-37-32-31-36(35(37)33-34-27-23-22-24-28-34)29-25-20-18-16-14-12-10-8-6-4-2/h22-24,27-28,31-32H,3-21,25-26,29-30,33H2,1-2H3/q+1. The second-order valence-electron chi connectivity index (χ2n) is 11.5. The van der Waals surface area contributed by atoms with E-state index in [0.29, 0.717) is 0 Å². The number of unbranched alkanes of at least 4 members (excludes halogenated alkanes) is 19. The molecule has 2 nitrogen and oxygen atoms in total. The van der Waals surface area contributed by atoms with Gasteiger partial charge in [-0.1, -0.05) is 153 Å². The molecule has 1 aromatic carbocycles. The van der Waals surface area contributed by atoms with Crippen LogP contribution in [0.1, 0.15) is 160 Å². The van der Waals surface area contributed by atoms with Crippen LogP contribution in [-0.2, 0) is 19.5 Å². The van der Waals surface area contributed by atoms with Crippen LogP contribution in [-0.4, -0.2) is 4.57 Å². The Morgan fingerprint density at radius 1 is 0.541 bits per heavy atom. The van der Waals surface area contributed by atoms with Gasteiger partial charge in [0.05, 0.1) is 19.5 Å². The monoisotopic (exact) mass is 509 g/mol. The molecule has 0 fully saturated rings. The van der Waals surface area contributed by atoms with E-state index in [-0.39, 0.29) is 0 Å².